The van der Waals surface area contributed by atoms with Crippen LogP contribution in [0.5, 0.6) is 5.75 Å². The highest BCUT2D eigenvalue weighted by molar-refractivity contribution is 5.69. The molecular weight excluding hydrogens is 258 g/mol. The van der Waals surface area contributed by atoms with E-state index in [4.69, 9.17) is 4.74 Å². The summed E-state index contributed by atoms with van der Waals surface area (Å²) in [6, 6.07) is 8.70. The molecule has 110 valence electrons. The minimum Gasteiger partial charge on any atom is -0.465 e. The third-order valence-corrected chi connectivity index (χ3v) is 6.06. The van der Waals surface area contributed by atoms with Gasteiger partial charge < -0.3 is 9.64 Å². The lowest BCUT2D eigenvalue weighted by atomic mass is 9.71. The highest BCUT2D eigenvalue weighted by atomic mass is 16.5. The minimum absolute atomic E-state index is 0.0435. The van der Waals surface area contributed by atoms with Crippen LogP contribution in [0.3, 0.4) is 0 Å². The molecule has 5 rings (SSSR count). The summed E-state index contributed by atoms with van der Waals surface area (Å²) in [4.78, 5) is 2.64. The van der Waals surface area contributed by atoms with Gasteiger partial charge in [-0.3, -0.25) is 0 Å². The van der Waals surface area contributed by atoms with E-state index in [2.05, 4.69) is 29.2 Å². The molecule has 1 saturated carbocycles. The number of benzene rings is 1. The summed E-state index contributed by atoms with van der Waals surface area (Å²) in [5.41, 5.74) is 4.64. The van der Waals surface area contributed by atoms with Crippen molar-refractivity contribution < 1.29 is 4.74 Å². The van der Waals surface area contributed by atoms with Crippen LogP contribution < -0.4 is 9.64 Å². The van der Waals surface area contributed by atoms with E-state index in [1.165, 1.54) is 63.5 Å². The Kier molecular flexibility index (Phi) is 2.47. The molecule has 4 aliphatic rings. The molecule has 0 N–H and O–H groups in total. The van der Waals surface area contributed by atoms with Crippen LogP contribution in [0.1, 0.15) is 57.8 Å². The molecule has 2 heteroatoms. The molecule has 0 amide bonds. The van der Waals surface area contributed by atoms with Crippen molar-refractivity contribution in [3.8, 4) is 5.75 Å². The summed E-state index contributed by atoms with van der Waals surface area (Å²) >= 11 is 0. The number of anilines is 1. The third kappa shape index (κ3) is 1.54. The predicted octanol–water partition coefficient (Wildman–Crippen LogP) is 5.00. The van der Waals surface area contributed by atoms with Crippen molar-refractivity contribution in [2.24, 2.45) is 5.92 Å². The van der Waals surface area contributed by atoms with E-state index in [0.717, 1.165) is 5.75 Å². The number of hydrogen-bond donors (Lipinski definition) is 0. The van der Waals surface area contributed by atoms with E-state index in [-0.39, 0.29) is 5.72 Å². The van der Waals surface area contributed by atoms with Gasteiger partial charge in [0.05, 0.1) is 5.69 Å². The summed E-state index contributed by atoms with van der Waals surface area (Å²) in [5, 5.41) is 0. The van der Waals surface area contributed by atoms with Gasteiger partial charge >= 0.3 is 0 Å². The Morgan fingerprint density at radius 2 is 1.95 bits per heavy atom. The van der Waals surface area contributed by atoms with Crippen LogP contribution >= 0.6 is 0 Å². The fourth-order valence-electron chi connectivity index (χ4n) is 5.17. The van der Waals surface area contributed by atoms with Gasteiger partial charge in [0, 0.05) is 18.0 Å². The molecule has 2 aliphatic heterocycles. The van der Waals surface area contributed by atoms with E-state index in [0.29, 0.717) is 5.92 Å². The number of rotatable bonds is 0. The lowest BCUT2D eigenvalue weighted by Crippen LogP contribution is -2.59. The molecule has 2 atom stereocenters. The number of nitrogens with zero attached hydrogens (tertiary/aromatic N) is 1. The Bertz CT molecular complexity index is 620. The van der Waals surface area contributed by atoms with Crippen LogP contribution in [0, 0.1) is 5.92 Å². The number of hydrogen-bond acceptors (Lipinski definition) is 2. The first-order chi connectivity index (χ1) is 10.4. The van der Waals surface area contributed by atoms with Gasteiger partial charge in [0.25, 0.3) is 0 Å². The Morgan fingerprint density at radius 3 is 2.95 bits per heavy atom. The van der Waals surface area contributed by atoms with Crippen LogP contribution in [0.25, 0.3) is 0 Å². The Hall–Kier alpha value is -1.44. The molecule has 1 fully saturated rings. The van der Waals surface area contributed by atoms with Crippen molar-refractivity contribution >= 4 is 5.69 Å². The van der Waals surface area contributed by atoms with Gasteiger partial charge in [-0.2, -0.15) is 0 Å². The van der Waals surface area contributed by atoms with Crippen LogP contribution in [0.15, 0.2) is 35.5 Å². The molecule has 1 spiro atoms. The molecule has 21 heavy (non-hydrogen) atoms. The zero-order valence-electron chi connectivity index (χ0n) is 12.6. The van der Waals surface area contributed by atoms with Crippen molar-refractivity contribution in [1.82, 2.24) is 0 Å². The molecular formula is C19H23NO. The molecule has 0 unspecified atom stereocenters. The van der Waals surface area contributed by atoms with Crippen LogP contribution in [-0.4, -0.2) is 5.72 Å². The maximum atomic E-state index is 6.64. The average Bonchev–Trinajstić information content (AvgIpc) is 2.87. The fraction of sp³-hybridized carbons (Fsp3) is 0.579. The Balaban J connectivity index is 1.72. The second-order valence-corrected chi connectivity index (χ2v) is 7.15. The van der Waals surface area contributed by atoms with Crippen molar-refractivity contribution in [3.05, 3.63) is 35.5 Å². The highest BCUT2D eigenvalue weighted by Gasteiger charge is 2.56. The van der Waals surface area contributed by atoms with Crippen molar-refractivity contribution in [1.29, 1.82) is 0 Å². The second-order valence-electron chi connectivity index (χ2n) is 7.15. The molecule has 0 aromatic heterocycles. The Morgan fingerprint density at radius 1 is 1.05 bits per heavy atom. The fourth-order valence-corrected chi connectivity index (χ4v) is 5.17. The monoisotopic (exact) mass is 281 g/mol. The summed E-state index contributed by atoms with van der Waals surface area (Å²) in [5.74, 6) is 1.80. The molecule has 1 aromatic rings. The van der Waals surface area contributed by atoms with Crippen molar-refractivity contribution in [2.75, 3.05) is 4.90 Å². The molecule has 2 heterocycles. The van der Waals surface area contributed by atoms with E-state index < -0.39 is 0 Å². The number of fused-ring (bicyclic) bond motifs is 3. The first-order valence-electron chi connectivity index (χ1n) is 8.68. The number of ether oxygens (including phenoxy) is 1. The zero-order valence-corrected chi connectivity index (χ0v) is 12.6. The second kappa shape index (κ2) is 4.28. The van der Waals surface area contributed by atoms with E-state index in [1.54, 1.807) is 11.3 Å². The maximum absolute atomic E-state index is 6.64. The van der Waals surface area contributed by atoms with Crippen LogP contribution in [0.4, 0.5) is 5.69 Å². The molecule has 0 bridgehead atoms. The summed E-state index contributed by atoms with van der Waals surface area (Å²) in [6.07, 6.45) is 11.8. The van der Waals surface area contributed by atoms with Gasteiger partial charge in [0.1, 0.15) is 5.75 Å². The third-order valence-electron chi connectivity index (χ3n) is 6.06. The summed E-state index contributed by atoms with van der Waals surface area (Å²) in [6.45, 7) is 0. The van der Waals surface area contributed by atoms with Crippen molar-refractivity contribution in [2.45, 2.75) is 63.5 Å². The number of para-hydroxylation sites is 2. The number of allylic oxidation sites excluding steroid dienone is 2. The summed E-state index contributed by atoms with van der Waals surface area (Å²) in [7, 11) is 0. The average molecular weight is 281 g/mol. The van der Waals surface area contributed by atoms with E-state index in [9.17, 15) is 0 Å². The zero-order chi connectivity index (χ0) is 13.9. The van der Waals surface area contributed by atoms with Gasteiger partial charge in [-0.05, 0) is 57.1 Å². The minimum atomic E-state index is -0.0435. The van der Waals surface area contributed by atoms with Gasteiger partial charge in [-0.1, -0.05) is 24.1 Å². The molecule has 0 saturated heterocycles. The van der Waals surface area contributed by atoms with E-state index >= 15 is 0 Å². The molecule has 2 nitrogen and oxygen atoms in total. The first-order valence-corrected chi connectivity index (χ1v) is 8.68. The lowest BCUT2D eigenvalue weighted by molar-refractivity contribution is -0.0127. The summed E-state index contributed by atoms with van der Waals surface area (Å²) < 4.78 is 6.64. The van der Waals surface area contributed by atoms with Gasteiger partial charge in [-0.15, -0.1) is 0 Å². The molecule has 1 aromatic carbocycles. The van der Waals surface area contributed by atoms with Gasteiger partial charge in [0.15, 0.2) is 5.72 Å². The predicted molar refractivity (Wildman–Crippen MR) is 84.3 cm³/mol. The first kappa shape index (κ1) is 12.1. The normalized spacial score (nSPS) is 33.7. The lowest BCUT2D eigenvalue weighted by Gasteiger charge is -2.52. The molecule has 2 aliphatic carbocycles. The van der Waals surface area contributed by atoms with Crippen LogP contribution in [-0.2, 0) is 0 Å². The van der Waals surface area contributed by atoms with E-state index in [1.807, 2.05) is 0 Å². The maximum Gasteiger partial charge on any atom is 0.190 e. The standard InChI is InChI=1S/C19H23NO/c1-2-9-16-14(7-1)13-15-8-5-6-12-19(15)20(16)17-10-3-4-11-18(17)21-19/h3-4,10-11,15H,1-2,5-9,12-13H2/t15-,19-/m1/s1. The van der Waals surface area contributed by atoms with Crippen LogP contribution in [0.2, 0.25) is 0 Å². The van der Waals surface area contributed by atoms with Crippen molar-refractivity contribution in [3.63, 3.8) is 0 Å². The largest absolute Gasteiger partial charge is 0.465 e. The molecule has 0 radical (unpaired) electrons. The smallest absolute Gasteiger partial charge is 0.190 e. The van der Waals surface area contributed by atoms with Gasteiger partial charge in [0.2, 0.25) is 0 Å². The quantitative estimate of drug-likeness (QED) is 0.663. The SMILES string of the molecule is c1ccc2c(c1)O[C@]13CCCC[C@@H]1CC1=C(CCCC1)N23. The highest BCUT2D eigenvalue weighted by Crippen LogP contribution is 2.58. The topological polar surface area (TPSA) is 12.5 Å². The Labute approximate surface area is 126 Å². The van der Waals surface area contributed by atoms with Gasteiger partial charge in [-0.25, -0.2) is 0 Å².